The molecular formula is C24H32O3Si. The molecule has 2 aromatic rings. The Hall–Kier alpha value is -2.17. The number of hydrogen-bond donors (Lipinski definition) is 0. The first-order chi connectivity index (χ1) is 13.3. The van der Waals surface area contributed by atoms with Crippen LogP contribution in [0.4, 0.5) is 0 Å². The first-order valence-electron chi connectivity index (χ1n) is 9.88. The molecule has 0 atom stereocenters. The molecule has 0 aromatic heterocycles. The molecule has 150 valence electrons. The predicted octanol–water partition coefficient (Wildman–Crippen LogP) is 4.46. The molecule has 0 saturated carbocycles. The van der Waals surface area contributed by atoms with Crippen molar-refractivity contribution in [2.24, 2.45) is 0 Å². The summed E-state index contributed by atoms with van der Waals surface area (Å²) < 4.78 is 11.8. The molecule has 0 fully saturated rings. The Kier molecular flexibility index (Phi) is 7.78. The smallest absolute Gasteiger partial charge is 0.306 e. The van der Waals surface area contributed by atoms with Crippen molar-refractivity contribution in [1.82, 2.24) is 0 Å². The first-order valence-corrected chi connectivity index (χ1v) is 11.8. The van der Waals surface area contributed by atoms with Gasteiger partial charge in [0.1, 0.15) is 0 Å². The molecule has 0 radical (unpaired) electrons. The van der Waals surface area contributed by atoms with Crippen LogP contribution >= 0.6 is 0 Å². The van der Waals surface area contributed by atoms with Crippen LogP contribution in [0, 0.1) is 0 Å². The van der Waals surface area contributed by atoms with Crippen LogP contribution in [0.25, 0.3) is 0 Å². The summed E-state index contributed by atoms with van der Waals surface area (Å²) in [4.78, 5) is 11.7. The van der Waals surface area contributed by atoms with E-state index in [0.717, 1.165) is 5.57 Å². The Labute approximate surface area is 170 Å². The topological polar surface area (TPSA) is 35.5 Å². The molecule has 0 bridgehead atoms. The molecule has 0 spiro atoms. The van der Waals surface area contributed by atoms with Gasteiger partial charge in [-0.25, -0.2) is 0 Å². The van der Waals surface area contributed by atoms with Gasteiger partial charge in [0.2, 0.25) is 0 Å². The van der Waals surface area contributed by atoms with Crippen molar-refractivity contribution in [1.29, 1.82) is 0 Å². The number of carbonyl (C=O) groups excluding carboxylic acids is 1. The van der Waals surface area contributed by atoms with Gasteiger partial charge in [0, 0.05) is 6.42 Å². The van der Waals surface area contributed by atoms with Crippen LogP contribution in [-0.4, -0.2) is 27.5 Å². The van der Waals surface area contributed by atoms with Crippen LogP contribution in [0.3, 0.4) is 0 Å². The van der Waals surface area contributed by atoms with Crippen molar-refractivity contribution in [3.8, 4) is 0 Å². The monoisotopic (exact) mass is 396 g/mol. The van der Waals surface area contributed by atoms with Crippen LogP contribution in [-0.2, 0) is 14.0 Å². The number of ether oxygens (including phenoxy) is 1. The fourth-order valence-electron chi connectivity index (χ4n) is 3.56. The van der Waals surface area contributed by atoms with Crippen molar-refractivity contribution >= 4 is 24.7 Å². The second-order valence-electron chi connectivity index (χ2n) is 8.01. The SMILES string of the molecule is C=C(CCC(=O)OCC)CO[Si](c1ccccc1)(c1ccccc1)C(C)(C)C. The lowest BCUT2D eigenvalue weighted by atomic mass is 10.2. The van der Waals surface area contributed by atoms with Crippen LogP contribution in [0.5, 0.6) is 0 Å². The summed E-state index contributed by atoms with van der Waals surface area (Å²) in [6, 6.07) is 21.1. The second kappa shape index (κ2) is 9.85. The number of esters is 1. The molecule has 0 N–H and O–H groups in total. The minimum atomic E-state index is -2.56. The van der Waals surface area contributed by atoms with Crippen molar-refractivity contribution in [3.05, 3.63) is 72.8 Å². The third-order valence-electron chi connectivity index (χ3n) is 4.90. The van der Waals surface area contributed by atoms with Crippen molar-refractivity contribution in [2.75, 3.05) is 13.2 Å². The molecule has 28 heavy (non-hydrogen) atoms. The van der Waals surface area contributed by atoms with Gasteiger partial charge in [-0.15, -0.1) is 0 Å². The van der Waals surface area contributed by atoms with Crippen LogP contribution < -0.4 is 10.4 Å². The summed E-state index contributed by atoms with van der Waals surface area (Å²) in [5, 5.41) is 2.41. The highest BCUT2D eigenvalue weighted by atomic mass is 28.4. The lowest BCUT2D eigenvalue weighted by Crippen LogP contribution is -2.66. The molecule has 0 aliphatic carbocycles. The highest BCUT2D eigenvalue weighted by Crippen LogP contribution is 2.37. The second-order valence-corrected chi connectivity index (χ2v) is 12.3. The summed E-state index contributed by atoms with van der Waals surface area (Å²) in [7, 11) is -2.56. The normalized spacial score (nSPS) is 11.9. The van der Waals surface area contributed by atoms with Gasteiger partial charge in [0.15, 0.2) is 0 Å². The molecule has 2 aromatic carbocycles. The number of benzene rings is 2. The zero-order valence-electron chi connectivity index (χ0n) is 17.5. The van der Waals surface area contributed by atoms with Crippen molar-refractivity contribution < 1.29 is 14.0 Å². The molecule has 0 amide bonds. The molecule has 0 saturated heterocycles. The molecule has 0 heterocycles. The highest BCUT2D eigenvalue weighted by Gasteiger charge is 2.50. The van der Waals surface area contributed by atoms with E-state index < -0.39 is 8.32 Å². The fraction of sp³-hybridized carbons (Fsp3) is 0.375. The molecule has 0 aliphatic heterocycles. The van der Waals surface area contributed by atoms with Crippen LogP contribution in [0.15, 0.2) is 72.8 Å². The average molecular weight is 397 g/mol. The highest BCUT2D eigenvalue weighted by molar-refractivity contribution is 6.99. The summed E-state index contributed by atoms with van der Waals surface area (Å²) in [5.41, 5.74) is 0.918. The van der Waals surface area contributed by atoms with Crippen LogP contribution in [0.1, 0.15) is 40.5 Å². The quantitative estimate of drug-likeness (QED) is 0.357. The standard InChI is InChI=1S/C24H32O3Si/c1-6-26-23(25)18-17-20(2)19-27-28(24(3,4)5,21-13-9-7-10-14-21)22-15-11-8-12-16-22/h7-16H,2,6,17-19H2,1,3-5H3. The molecule has 0 aliphatic rings. The maximum absolute atomic E-state index is 11.7. The zero-order valence-corrected chi connectivity index (χ0v) is 18.5. The molecule has 3 nitrogen and oxygen atoms in total. The van der Waals surface area contributed by atoms with E-state index in [1.807, 2.05) is 19.1 Å². The predicted molar refractivity (Wildman–Crippen MR) is 119 cm³/mol. The number of carbonyl (C=O) groups is 1. The third-order valence-corrected chi connectivity index (χ3v) is 9.88. The van der Waals surface area contributed by atoms with Gasteiger partial charge in [0.05, 0.1) is 13.2 Å². The average Bonchev–Trinajstić information content (AvgIpc) is 2.68. The lowest BCUT2D eigenvalue weighted by molar-refractivity contribution is -0.143. The fourth-order valence-corrected chi connectivity index (χ4v) is 8.13. The van der Waals surface area contributed by atoms with E-state index in [1.165, 1.54) is 10.4 Å². The van der Waals surface area contributed by atoms with E-state index in [4.69, 9.17) is 9.16 Å². The Balaban J connectivity index is 2.32. The Bertz CT molecular complexity index is 724. The molecule has 0 unspecified atom stereocenters. The Morgan fingerprint density at radius 2 is 1.43 bits per heavy atom. The van der Waals surface area contributed by atoms with E-state index >= 15 is 0 Å². The first kappa shape index (κ1) is 22.1. The third kappa shape index (κ3) is 5.21. The molecule has 4 heteroatoms. The van der Waals surface area contributed by atoms with E-state index in [-0.39, 0.29) is 11.0 Å². The summed E-state index contributed by atoms with van der Waals surface area (Å²) in [6.45, 7) is 13.6. The minimum Gasteiger partial charge on any atom is -0.466 e. The van der Waals surface area contributed by atoms with Gasteiger partial charge < -0.3 is 9.16 Å². The van der Waals surface area contributed by atoms with Crippen LogP contribution in [0.2, 0.25) is 5.04 Å². The van der Waals surface area contributed by atoms with Gasteiger partial charge in [-0.3, -0.25) is 4.79 Å². The lowest BCUT2D eigenvalue weighted by Gasteiger charge is -2.43. The minimum absolute atomic E-state index is 0.0723. The van der Waals surface area contributed by atoms with E-state index in [0.29, 0.717) is 26.1 Å². The Morgan fingerprint density at radius 1 is 0.929 bits per heavy atom. The van der Waals surface area contributed by atoms with Crippen molar-refractivity contribution in [2.45, 2.75) is 45.6 Å². The number of rotatable bonds is 9. The number of hydrogen-bond acceptors (Lipinski definition) is 3. The Morgan fingerprint density at radius 3 is 1.86 bits per heavy atom. The molecular weight excluding hydrogens is 364 g/mol. The maximum atomic E-state index is 11.7. The van der Waals surface area contributed by atoms with Gasteiger partial charge >= 0.3 is 5.97 Å². The summed E-state index contributed by atoms with van der Waals surface area (Å²) in [6.07, 6.45) is 0.924. The van der Waals surface area contributed by atoms with Crippen molar-refractivity contribution in [3.63, 3.8) is 0 Å². The van der Waals surface area contributed by atoms with Gasteiger partial charge in [-0.1, -0.05) is 93.6 Å². The summed E-state index contributed by atoms with van der Waals surface area (Å²) >= 11 is 0. The maximum Gasteiger partial charge on any atom is 0.306 e. The van der Waals surface area contributed by atoms with Gasteiger partial charge in [-0.2, -0.15) is 0 Å². The largest absolute Gasteiger partial charge is 0.466 e. The summed E-state index contributed by atoms with van der Waals surface area (Å²) in [5.74, 6) is -0.186. The van der Waals surface area contributed by atoms with Gasteiger partial charge in [0.25, 0.3) is 8.32 Å². The van der Waals surface area contributed by atoms with E-state index in [2.05, 4.69) is 75.9 Å². The van der Waals surface area contributed by atoms with E-state index in [1.54, 1.807) is 0 Å². The van der Waals surface area contributed by atoms with E-state index in [9.17, 15) is 4.79 Å². The zero-order chi connectivity index (χ0) is 20.6. The van der Waals surface area contributed by atoms with Gasteiger partial charge in [-0.05, 0) is 28.8 Å². The molecule has 2 rings (SSSR count).